The lowest BCUT2D eigenvalue weighted by Crippen LogP contribution is -1.92. The fourth-order valence-corrected chi connectivity index (χ4v) is 2.16. The van der Waals surface area contributed by atoms with Gasteiger partial charge in [-0.15, -0.1) is 0 Å². The van der Waals surface area contributed by atoms with Crippen LogP contribution in [0.4, 0.5) is 5.82 Å². The third kappa shape index (κ3) is 2.27. The van der Waals surface area contributed by atoms with E-state index in [2.05, 4.69) is 20.2 Å². The number of fused-ring (bicyclic) bond motifs is 1. The zero-order valence-electron chi connectivity index (χ0n) is 11.5. The van der Waals surface area contributed by atoms with Crippen LogP contribution in [0.1, 0.15) is 12.6 Å². The van der Waals surface area contributed by atoms with Gasteiger partial charge < -0.3 is 11.1 Å². The minimum Gasteiger partial charge on any atom is -0.384 e. The van der Waals surface area contributed by atoms with Crippen LogP contribution < -0.4 is 5.73 Å². The van der Waals surface area contributed by atoms with Crippen molar-refractivity contribution in [3.8, 4) is 11.4 Å². The van der Waals surface area contributed by atoms with Crippen LogP contribution in [0.5, 0.6) is 0 Å². The molecule has 3 aromatic heterocycles. The van der Waals surface area contributed by atoms with Crippen molar-refractivity contribution in [1.82, 2.24) is 20.2 Å². The van der Waals surface area contributed by atoms with Gasteiger partial charge in [-0.2, -0.15) is 5.10 Å². The summed E-state index contributed by atoms with van der Waals surface area (Å²) in [6, 6.07) is 7.34. The van der Waals surface area contributed by atoms with Crippen LogP contribution in [0.2, 0.25) is 0 Å². The van der Waals surface area contributed by atoms with Gasteiger partial charge in [0.25, 0.3) is 0 Å². The van der Waals surface area contributed by atoms with Gasteiger partial charge in [-0.1, -0.05) is 12.1 Å². The molecule has 0 aliphatic carbocycles. The normalized spacial score (nSPS) is 11.8. The second kappa shape index (κ2) is 5.16. The van der Waals surface area contributed by atoms with Gasteiger partial charge in [-0.3, -0.25) is 10.1 Å². The van der Waals surface area contributed by atoms with E-state index >= 15 is 0 Å². The number of pyridine rings is 2. The molecule has 0 amide bonds. The highest BCUT2D eigenvalue weighted by Gasteiger charge is 2.11. The van der Waals surface area contributed by atoms with E-state index in [1.807, 2.05) is 31.2 Å². The molecule has 0 unspecified atom stereocenters. The molecule has 21 heavy (non-hydrogen) atoms. The summed E-state index contributed by atoms with van der Waals surface area (Å²) >= 11 is 0. The van der Waals surface area contributed by atoms with Crippen LogP contribution in [-0.4, -0.2) is 26.4 Å². The summed E-state index contributed by atoms with van der Waals surface area (Å²) in [7, 11) is 0. The highest BCUT2D eigenvalue weighted by molar-refractivity contribution is 6.08. The Balaban J connectivity index is 2.21. The third-order valence-electron chi connectivity index (χ3n) is 3.22. The van der Waals surface area contributed by atoms with Gasteiger partial charge >= 0.3 is 0 Å². The van der Waals surface area contributed by atoms with E-state index in [1.54, 1.807) is 12.3 Å². The van der Waals surface area contributed by atoms with Crippen LogP contribution >= 0.6 is 0 Å². The summed E-state index contributed by atoms with van der Waals surface area (Å²) in [4.78, 5) is 8.63. The first-order chi connectivity index (χ1) is 10.2. The lowest BCUT2D eigenvalue weighted by atomic mass is 10.1. The SMILES string of the molecule is CC=C(C=N)c1cc2c(-c3cccc(N)n3)n[nH]c2cn1. The van der Waals surface area contributed by atoms with Gasteiger partial charge in [0.2, 0.25) is 0 Å². The van der Waals surface area contributed by atoms with Gasteiger partial charge in [0, 0.05) is 17.2 Å². The number of nitrogens with zero attached hydrogens (tertiary/aromatic N) is 3. The van der Waals surface area contributed by atoms with Crippen molar-refractivity contribution in [2.45, 2.75) is 6.92 Å². The zero-order valence-corrected chi connectivity index (χ0v) is 11.5. The molecule has 0 saturated carbocycles. The Bertz CT molecular complexity index is 846. The first kappa shape index (κ1) is 13.0. The molecule has 0 aromatic carbocycles. The molecule has 3 aromatic rings. The Labute approximate surface area is 121 Å². The maximum Gasteiger partial charge on any atom is 0.124 e. The Kier molecular flexibility index (Phi) is 3.19. The summed E-state index contributed by atoms with van der Waals surface area (Å²) < 4.78 is 0. The summed E-state index contributed by atoms with van der Waals surface area (Å²) in [6.45, 7) is 1.88. The van der Waals surface area contributed by atoms with E-state index in [1.165, 1.54) is 6.21 Å². The maximum atomic E-state index is 7.43. The molecule has 0 radical (unpaired) electrons. The molecule has 0 aliphatic heterocycles. The summed E-state index contributed by atoms with van der Waals surface area (Å²) in [5.41, 5.74) is 9.46. The maximum absolute atomic E-state index is 7.43. The molecule has 104 valence electrons. The molecule has 6 nitrogen and oxygen atoms in total. The molecule has 0 atom stereocenters. The predicted molar refractivity (Wildman–Crippen MR) is 84.0 cm³/mol. The van der Waals surface area contributed by atoms with Gasteiger partial charge in [-0.05, 0) is 25.1 Å². The van der Waals surface area contributed by atoms with Crippen molar-refractivity contribution < 1.29 is 0 Å². The highest BCUT2D eigenvalue weighted by Crippen LogP contribution is 2.26. The molecular formula is C15H14N6. The van der Waals surface area contributed by atoms with Crippen molar-refractivity contribution in [2.75, 3.05) is 5.73 Å². The lowest BCUT2D eigenvalue weighted by Gasteiger charge is -2.02. The average molecular weight is 278 g/mol. The van der Waals surface area contributed by atoms with Crippen LogP contribution in [0.25, 0.3) is 27.9 Å². The first-order valence-corrected chi connectivity index (χ1v) is 6.47. The summed E-state index contributed by atoms with van der Waals surface area (Å²) in [5.74, 6) is 0.451. The number of nitrogens with one attached hydrogen (secondary N) is 2. The number of nitrogens with two attached hydrogens (primary N) is 1. The van der Waals surface area contributed by atoms with Gasteiger partial charge in [0.1, 0.15) is 11.5 Å². The van der Waals surface area contributed by atoms with Gasteiger partial charge in [0.15, 0.2) is 0 Å². The number of allylic oxidation sites excluding steroid dienone is 2. The quantitative estimate of drug-likeness (QED) is 0.640. The highest BCUT2D eigenvalue weighted by atomic mass is 15.1. The van der Waals surface area contributed by atoms with Crippen LogP contribution in [0.15, 0.2) is 36.5 Å². The van der Waals surface area contributed by atoms with E-state index in [4.69, 9.17) is 11.1 Å². The number of aromatic amines is 1. The second-order valence-electron chi connectivity index (χ2n) is 4.52. The van der Waals surface area contributed by atoms with Gasteiger partial charge in [-0.25, -0.2) is 4.98 Å². The van der Waals surface area contributed by atoms with E-state index in [-0.39, 0.29) is 0 Å². The molecule has 6 heteroatoms. The van der Waals surface area contributed by atoms with Gasteiger partial charge in [0.05, 0.1) is 23.1 Å². The average Bonchev–Trinajstić information content (AvgIpc) is 2.92. The van der Waals surface area contributed by atoms with Crippen molar-refractivity contribution in [2.24, 2.45) is 0 Å². The minimum absolute atomic E-state index is 0.451. The Morgan fingerprint density at radius 1 is 1.38 bits per heavy atom. The second-order valence-corrected chi connectivity index (χ2v) is 4.52. The fourth-order valence-electron chi connectivity index (χ4n) is 2.16. The largest absolute Gasteiger partial charge is 0.384 e. The molecule has 0 saturated heterocycles. The Morgan fingerprint density at radius 3 is 2.95 bits per heavy atom. The number of nitrogen functional groups attached to an aromatic ring is 1. The molecule has 3 heterocycles. The van der Waals surface area contributed by atoms with Crippen molar-refractivity contribution in [1.29, 1.82) is 5.41 Å². The zero-order chi connectivity index (χ0) is 14.8. The van der Waals surface area contributed by atoms with Crippen LogP contribution in [-0.2, 0) is 0 Å². The molecule has 0 aliphatic rings. The summed E-state index contributed by atoms with van der Waals surface area (Å²) in [6.07, 6.45) is 4.84. The topological polar surface area (TPSA) is 104 Å². The molecule has 3 rings (SSSR count). The van der Waals surface area contributed by atoms with E-state index in [0.29, 0.717) is 11.5 Å². The van der Waals surface area contributed by atoms with E-state index < -0.39 is 0 Å². The first-order valence-electron chi connectivity index (χ1n) is 6.47. The van der Waals surface area contributed by atoms with Crippen molar-refractivity contribution >= 4 is 28.5 Å². The number of H-pyrrole nitrogens is 1. The van der Waals surface area contributed by atoms with Crippen molar-refractivity contribution in [3.05, 3.63) is 42.2 Å². The van der Waals surface area contributed by atoms with Crippen LogP contribution in [0.3, 0.4) is 0 Å². The predicted octanol–water partition coefficient (Wildman–Crippen LogP) is 2.65. The number of aromatic nitrogens is 4. The lowest BCUT2D eigenvalue weighted by molar-refractivity contribution is 1.11. The molecule has 4 N–H and O–H groups in total. The molecular weight excluding hydrogens is 264 g/mol. The van der Waals surface area contributed by atoms with Crippen molar-refractivity contribution in [3.63, 3.8) is 0 Å². The molecule has 0 spiro atoms. The number of rotatable bonds is 3. The fraction of sp³-hybridized carbons (Fsp3) is 0.0667. The molecule has 0 bridgehead atoms. The molecule has 0 fully saturated rings. The summed E-state index contributed by atoms with van der Waals surface area (Å²) in [5, 5.41) is 15.6. The standard InChI is InChI=1S/C15H14N6/c1-2-9(7-16)12-6-10-13(8-18-12)20-21-15(10)11-4-3-5-14(17)19-11/h2-8,16H,1H3,(H2,17,19)(H,20,21). The Morgan fingerprint density at radius 2 is 2.24 bits per heavy atom. The smallest absolute Gasteiger partial charge is 0.124 e. The van der Waals surface area contributed by atoms with E-state index in [9.17, 15) is 0 Å². The van der Waals surface area contributed by atoms with E-state index in [0.717, 1.165) is 27.9 Å². The Hall–Kier alpha value is -3.02. The number of hydrogen-bond donors (Lipinski definition) is 3. The number of anilines is 1. The minimum atomic E-state index is 0.451. The third-order valence-corrected chi connectivity index (χ3v) is 3.22. The van der Waals surface area contributed by atoms with Crippen LogP contribution in [0, 0.1) is 5.41 Å². The number of hydrogen-bond acceptors (Lipinski definition) is 5. The monoisotopic (exact) mass is 278 g/mol.